The van der Waals surface area contributed by atoms with Crippen molar-refractivity contribution in [3.8, 4) is 0 Å². The Hall–Kier alpha value is 1.19. The van der Waals surface area contributed by atoms with Gasteiger partial charge in [-0.15, -0.1) is 0 Å². The summed E-state index contributed by atoms with van der Waals surface area (Å²) in [5.74, 6) is 0. The van der Waals surface area contributed by atoms with Gasteiger partial charge < -0.3 is 0 Å². The van der Waals surface area contributed by atoms with Gasteiger partial charge in [-0.1, -0.05) is 0 Å². The van der Waals surface area contributed by atoms with Crippen LogP contribution in [0.3, 0.4) is 0 Å². The molecule has 0 bridgehead atoms. The molecule has 9 heavy (non-hydrogen) atoms. The molecule has 0 fully saturated rings. The summed E-state index contributed by atoms with van der Waals surface area (Å²) in [7, 11) is 0. The van der Waals surface area contributed by atoms with Crippen LogP contribution in [0.15, 0.2) is 0 Å². The second-order valence-electron chi connectivity index (χ2n) is 3.53. The van der Waals surface area contributed by atoms with Crippen LogP contribution in [0.5, 0.6) is 0 Å². The third-order valence-corrected chi connectivity index (χ3v) is 0.816. The molecule has 0 spiro atoms. The number of rotatable bonds is 1. The second kappa shape index (κ2) is 9.19. The molecule has 0 aromatic heterocycles. The zero-order valence-electron chi connectivity index (χ0n) is 7.86. The van der Waals surface area contributed by atoms with Crippen molar-refractivity contribution < 1.29 is 0 Å². The van der Waals surface area contributed by atoms with E-state index >= 15 is 0 Å². The van der Waals surface area contributed by atoms with Crippen LogP contribution < -0.4 is 0 Å². The summed E-state index contributed by atoms with van der Waals surface area (Å²) in [6.07, 6.45) is 1.31. The Morgan fingerprint density at radius 2 is 1.22 bits per heavy atom. The van der Waals surface area contributed by atoms with Crippen LogP contribution in [0.25, 0.3) is 0 Å². The molecule has 0 aliphatic heterocycles. The van der Waals surface area contributed by atoms with Crippen molar-refractivity contribution >= 4 is 35.4 Å². The normalized spacial score (nSPS) is 12.6. The summed E-state index contributed by atoms with van der Waals surface area (Å²) in [6.45, 7) is 8.75. The first-order valence-corrected chi connectivity index (χ1v) is 4.00. The van der Waals surface area contributed by atoms with E-state index in [1.54, 1.807) is 0 Å². The van der Waals surface area contributed by atoms with Gasteiger partial charge in [-0.3, -0.25) is 0 Å². The molecule has 0 aliphatic rings. The average Bonchev–Trinajstić information content (AvgIpc) is 1.65. The fraction of sp³-hybridized carbons (Fsp3) is 1.00. The van der Waals surface area contributed by atoms with Crippen LogP contribution in [0.2, 0.25) is 9.18 Å². The summed E-state index contributed by atoms with van der Waals surface area (Å²) >= 11 is 4.39. The van der Waals surface area contributed by atoms with Gasteiger partial charge in [-0.2, -0.15) is 0 Å². The maximum absolute atomic E-state index is 2.22. The molecule has 2 heteroatoms. The zero-order chi connectivity index (χ0) is 7.86. The molecule has 1 unspecified atom stereocenters. The molecule has 0 rings (SSSR count). The third kappa shape index (κ3) is 46.6. The molecule has 46 valence electrons. The molecule has 0 aromatic rings. The molecule has 1 atom stereocenters. The fourth-order valence-electron chi connectivity index (χ4n) is 0. The standard InChI is InChI=1S/C4H9.C3H7.2Li/c1-3-4-2;1-3-2;;/h3H,4H2,1-2H3;3H,1-2H3;;. The van der Waals surface area contributed by atoms with E-state index in [1.807, 2.05) is 0 Å². The van der Waals surface area contributed by atoms with Gasteiger partial charge >= 0.3 is 78.7 Å². The average molecular weight is 114 g/mol. The van der Waals surface area contributed by atoms with Gasteiger partial charge in [0.25, 0.3) is 0 Å². The molecule has 0 saturated heterocycles. The van der Waals surface area contributed by atoms with Gasteiger partial charge in [0.2, 0.25) is 0 Å². The van der Waals surface area contributed by atoms with E-state index in [0.29, 0.717) is 0 Å². The molecule has 0 saturated carbocycles. The van der Waals surface area contributed by atoms with E-state index in [0.717, 1.165) is 9.18 Å². The van der Waals surface area contributed by atoms with Gasteiger partial charge in [-0.05, 0) is 0 Å². The third-order valence-electron chi connectivity index (χ3n) is 0.816. The Balaban J connectivity index is 0. The van der Waals surface area contributed by atoms with Crippen molar-refractivity contribution in [3.05, 3.63) is 0 Å². The van der Waals surface area contributed by atoms with E-state index in [-0.39, 0.29) is 0 Å². The van der Waals surface area contributed by atoms with Crippen molar-refractivity contribution in [1.82, 2.24) is 0 Å². The molecule has 0 amide bonds. The van der Waals surface area contributed by atoms with Gasteiger partial charge in [0.1, 0.15) is 0 Å². The molecule has 0 radical (unpaired) electrons. The van der Waals surface area contributed by atoms with Crippen molar-refractivity contribution in [2.75, 3.05) is 0 Å². The van der Waals surface area contributed by atoms with Crippen LogP contribution in [-0.2, 0) is 0 Å². The summed E-state index contributed by atoms with van der Waals surface area (Å²) < 4.78 is 1.72. The Morgan fingerprint density at radius 3 is 1.22 bits per heavy atom. The Morgan fingerprint density at radius 1 is 1.11 bits per heavy atom. The summed E-state index contributed by atoms with van der Waals surface area (Å²) in [6, 6.07) is 0. The second-order valence-corrected chi connectivity index (χ2v) is 3.53. The minimum absolute atomic E-state index is 0.833. The molecular formula is C7H16Li2. The van der Waals surface area contributed by atoms with E-state index in [9.17, 15) is 0 Å². The van der Waals surface area contributed by atoms with Gasteiger partial charge in [0.15, 0.2) is 0 Å². The van der Waals surface area contributed by atoms with Gasteiger partial charge in [0, 0.05) is 0 Å². The number of hydrogen-bond acceptors (Lipinski definition) is 0. The first-order chi connectivity index (χ1) is 4.00. The topological polar surface area (TPSA) is 0 Å². The molecule has 0 aliphatic carbocycles. The first-order valence-electron chi connectivity index (χ1n) is 4.00. The first kappa shape index (κ1) is 12.8. The van der Waals surface area contributed by atoms with Crippen molar-refractivity contribution in [1.29, 1.82) is 0 Å². The fourth-order valence-corrected chi connectivity index (χ4v) is 0. The van der Waals surface area contributed by atoms with E-state index in [2.05, 4.69) is 63.1 Å². The van der Waals surface area contributed by atoms with E-state index in [1.165, 1.54) is 6.42 Å². The summed E-state index contributed by atoms with van der Waals surface area (Å²) in [5, 5.41) is 0. The minimum atomic E-state index is 0.833. The molecule has 0 heterocycles. The Bertz CT molecular complexity index is 39.4. The van der Waals surface area contributed by atoms with Gasteiger partial charge in [0.05, 0.1) is 0 Å². The van der Waals surface area contributed by atoms with Crippen LogP contribution in [0.1, 0.15) is 34.1 Å². The monoisotopic (exact) mass is 114 g/mol. The van der Waals surface area contributed by atoms with Crippen LogP contribution in [0, 0.1) is 0 Å². The van der Waals surface area contributed by atoms with Crippen LogP contribution in [-0.4, -0.2) is 35.4 Å². The predicted molar refractivity (Wildman–Crippen MR) is 46.3 cm³/mol. The molecule has 0 N–H and O–H groups in total. The summed E-state index contributed by atoms with van der Waals surface area (Å²) in [5.41, 5.74) is 0. The van der Waals surface area contributed by atoms with E-state index < -0.39 is 0 Å². The SMILES string of the molecule is [Li][CH](C)C.[Li][CH](C)CC. The summed E-state index contributed by atoms with van der Waals surface area (Å²) in [4.78, 5) is 0. The van der Waals surface area contributed by atoms with Gasteiger partial charge in [-0.25, -0.2) is 0 Å². The Labute approximate surface area is 78.6 Å². The van der Waals surface area contributed by atoms with Crippen molar-refractivity contribution in [3.63, 3.8) is 0 Å². The van der Waals surface area contributed by atoms with Crippen LogP contribution in [0.4, 0.5) is 0 Å². The molecule has 0 aromatic carbocycles. The zero-order valence-corrected chi connectivity index (χ0v) is 7.86. The van der Waals surface area contributed by atoms with Crippen molar-refractivity contribution in [2.45, 2.75) is 43.3 Å². The quantitative estimate of drug-likeness (QED) is 0.459. The van der Waals surface area contributed by atoms with Crippen LogP contribution >= 0.6 is 0 Å². The molecular weight excluding hydrogens is 98.0 g/mol. The maximum atomic E-state index is 2.22. The predicted octanol–water partition coefficient (Wildman–Crippen LogP) is 2.36. The molecule has 0 nitrogen and oxygen atoms in total. The van der Waals surface area contributed by atoms with E-state index in [4.69, 9.17) is 0 Å². The van der Waals surface area contributed by atoms with Crippen molar-refractivity contribution in [2.24, 2.45) is 0 Å². The Kier molecular flexibility index (Phi) is 13.1. The number of hydrogen-bond donors (Lipinski definition) is 0.